The SMILES string of the molecule is Cc1cc(C(=O)Nc2c(N)cc(Br)cc2Br)sc1Br. The van der Waals surface area contributed by atoms with Crippen molar-refractivity contribution in [2.45, 2.75) is 6.92 Å². The van der Waals surface area contributed by atoms with E-state index in [0.717, 1.165) is 18.3 Å². The third-order valence-electron chi connectivity index (χ3n) is 2.41. The first-order valence-corrected chi connectivity index (χ1v) is 8.40. The highest BCUT2D eigenvalue weighted by Gasteiger charge is 2.14. The van der Waals surface area contributed by atoms with Crippen LogP contribution >= 0.6 is 59.1 Å². The van der Waals surface area contributed by atoms with Gasteiger partial charge in [0.15, 0.2) is 0 Å². The van der Waals surface area contributed by atoms with Gasteiger partial charge in [0.25, 0.3) is 5.91 Å². The van der Waals surface area contributed by atoms with E-state index in [1.807, 2.05) is 19.1 Å². The molecule has 0 aliphatic heterocycles. The normalized spacial score (nSPS) is 10.5. The van der Waals surface area contributed by atoms with Gasteiger partial charge in [-0.15, -0.1) is 11.3 Å². The lowest BCUT2D eigenvalue weighted by Crippen LogP contribution is -2.12. The highest BCUT2D eigenvalue weighted by Crippen LogP contribution is 2.34. The molecule has 0 spiro atoms. The minimum absolute atomic E-state index is 0.173. The molecule has 0 bridgehead atoms. The summed E-state index contributed by atoms with van der Waals surface area (Å²) in [6.45, 7) is 1.95. The van der Waals surface area contributed by atoms with Crippen LogP contribution in [0.5, 0.6) is 0 Å². The van der Waals surface area contributed by atoms with E-state index in [2.05, 4.69) is 53.1 Å². The molecule has 0 saturated carbocycles. The van der Waals surface area contributed by atoms with Crippen LogP contribution in [0, 0.1) is 6.92 Å². The molecule has 0 aliphatic rings. The number of nitrogens with one attached hydrogen (secondary N) is 1. The van der Waals surface area contributed by atoms with Gasteiger partial charge in [-0.25, -0.2) is 0 Å². The molecule has 2 rings (SSSR count). The van der Waals surface area contributed by atoms with E-state index in [9.17, 15) is 4.79 Å². The fraction of sp³-hybridized carbons (Fsp3) is 0.0833. The van der Waals surface area contributed by atoms with Gasteiger partial charge < -0.3 is 11.1 Å². The van der Waals surface area contributed by atoms with Gasteiger partial charge >= 0.3 is 0 Å². The summed E-state index contributed by atoms with van der Waals surface area (Å²) in [5, 5.41) is 2.82. The van der Waals surface area contributed by atoms with Crippen molar-refractivity contribution < 1.29 is 4.79 Å². The van der Waals surface area contributed by atoms with E-state index in [1.165, 1.54) is 11.3 Å². The zero-order chi connectivity index (χ0) is 14.2. The highest BCUT2D eigenvalue weighted by molar-refractivity contribution is 9.11. The number of hydrogen-bond donors (Lipinski definition) is 2. The number of nitrogens with two attached hydrogens (primary N) is 1. The average Bonchev–Trinajstić information content (AvgIpc) is 2.64. The number of thiophene rings is 1. The summed E-state index contributed by atoms with van der Waals surface area (Å²) in [6, 6.07) is 5.42. The highest BCUT2D eigenvalue weighted by atomic mass is 79.9. The Balaban J connectivity index is 2.29. The van der Waals surface area contributed by atoms with Crippen molar-refractivity contribution in [1.29, 1.82) is 0 Å². The quantitative estimate of drug-likeness (QED) is 0.597. The molecule has 3 nitrogen and oxygen atoms in total. The Labute approximate surface area is 140 Å². The van der Waals surface area contributed by atoms with E-state index >= 15 is 0 Å². The summed E-state index contributed by atoms with van der Waals surface area (Å²) in [4.78, 5) is 12.8. The zero-order valence-corrected chi connectivity index (χ0v) is 15.3. The van der Waals surface area contributed by atoms with Crippen molar-refractivity contribution >= 4 is 76.4 Å². The van der Waals surface area contributed by atoms with Crippen molar-refractivity contribution in [2.24, 2.45) is 0 Å². The van der Waals surface area contributed by atoms with Gasteiger partial charge in [0, 0.05) is 8.95 Å². The molecule has 3 N–H and O–H groups in total. The van der Waals surface area contributed by atoms with E-state index in [0.29, 0.717) is 16.3 Å². The maximum Gasteiger partial charge on any atom is 0.265 e. The van der Waals surface area contributed by atoms with Gasteiger partial charge in [0.2, 0.25) is 0 Å². The average molecular weight is 469 g/mol. The van der Waals surface area contributed by atoms with E-state index < -0.39 is 0 Å². The van der Waals surface area contributed by atoms with E-state index in [1.54, 1.807) is 6.07 Å². The number of carbonyl (C=O) groups is 1. The van der Waals surface area contributed by atoms with Gasteiger partial charge in [-0.2, -0.15) is 0 Å². The molecule has 1 aromatic heterocycles. The van der Waals surface area contributed by atoms with Crippen molar-refractivity contribution in [1.82, 2.24) is 0 Å². The first-order chi connectivity index (χ1) is 8.88. The lowest BCUT2D eigenvalue weighted by atomic mass is 10.2. The summed E-state index contributed by atoms with van der Waals surface area (Å²) >= 11 is 11.5. The summed E-state index contributed by atoms with van der Waals surface area (Å²) in [7, 11) is 0. The number of rotatable bonds is 2. The van der Waals surface area contributed by atoms with Gasteiger partial charge in [0.05, 0.1) is 20.0 Å². The molecule has 0 atom stereocenters. The lowest BCUT2D eigenvalue weighted by molar-refractivity contribution is 0.103. The smallest absolute Gasteiger partial charge is 0.265 e. The molecule has 0 radical (unpaired) electrons. The molecule has 19 heavy (non-hydrogen) atoms. The third-order valence-corrected chi connectivity index (χ3v) is 5.62. The Hall–Kier alpha value is -0.370. The van der Waals surface area contributed by atoms with Crippen LogP contribution in [0.15, 0.2) is 30.9 Å². The Kier molecular flexibility index (Phi) is 4.70. The first kappa shape index (κ1) is 15.0. The zero-order valence-electron chi connectivity index (χ0n) is 9.76. The first-order valence-electron chi connectivity index (χ1n) is 5.20. The van der Waals surface area contributed by atoms with Crippen LogP contribution in [0.4, 0.5) is 11.4 Å². The van der Waals surface area contributed by atoms with Crippen LogP contribution in [0.3, 0.4) is 0 Å². The monoisotopic (exact) mass is 466 g/mol. The maximum absolute atomic E-state index is 12.2. The second kappa shape index (κ2) is 5.95. The molecule has 1 aromatic carbocycles. The van der Waals surface area contributed by atoms with Crippen LogP contribution < -0.4 is 11.1 Å². The Bertz CT molecular complexity index is 612. The number of nitrogen functional groups attached to an aromatic ring is 1. The van der Waals surface area contributed by atoms with Crippen LogP contribution in [-0.4, -0.2) is 5.91 Å². The second-order valence-corrected chi connectivity index (χ2v) is 8.01. The fourth-order valence-corrected chi connectivity index (χ4v) is 4.26. The third kappa shape index (κ3) is 3.39. The molecular formula is C12H9Br3N2OS. The number of amides is 1. The van der Waals surface area contributed by atoms with Crippen LogP contribution in [-0.2, 0) is 0 Å². The molecule has 0 fully saturated rings. The standard InChI is InChI=1S/C12H9Br3N2OS/c1-5-2-9(19-11(5)15)12(18)17-10-7(14)3-6(13)4-8(10)16/h2-4H,16H2,1H3,(H,17,18). The van der Waals surface area contributed by atoms with Gasteiger partial charge in [-0.1, -0.05) is 15.9 Å². The minimum Gasteiger partial charge on any atom is -0.397 e. The van der Waals surface area contributed by atoms with E-state index in [4.69, 9.17) is 5.73 Å². The lowest BCUT2D eigenvalue weighted by Gasteiger charge is -2.10. The summed E-state index contributed by atoms with van der Waals surface area (Å²) in [5.41, 5.74) is 8.02. The molecule has 1 heterocycles. The molecule has 0 saturated heterocycles. The number of halogens is 3. The van der Waals surface area contributed by atoms with Crippen molar-refractivity contribution in [2.75, 3.05) is 11.1 Å². The Morgan fingerprint density at radius 1 is 1.26 bits per heavy atom. The van der Waals surface area contributed by atoms with Crippen molar-refractivity contribution in [3.05, 3.63) is 41.4 Å². The second-order valence-electron chi connectivity index (χ2n) is 3.87. The molecular weight excluding hydrogens is 460 g/mol. The van der Waals surface area contributed by atoms with Crippen LogP contribution in [0.1, 0.15) is 15.2 Å². The molecule has 2 aromatic rings. The van der Waals surface area contributed by atoms with Crippen LogP contribution in [0.2, 0.25) is 0 Å². The van der Waals surface area contributed by atoms with Crippen LogP contribution in [0.25, 0.3) is 0 Å². The van der Waals surface area contributed by atoms with Crippen molar-refractivity contribution in [3.8, 4) is 0 Å². The molecule has 0 unspecified atom stereocenters. The predicted molar refractivity (Wildman–Crippen MR) is 91.0 cm³/mol. The molecule has 0 aliphatic carbocycles. The molecule has 7 heteroatoms. The number of hydrogen-bond acceptors (Lipinski definition) is 3. The number of anilines is 2. The summed E-state index contributed by atoms with van der Waals surface area (Å²) in [6.07, 6.45) is 0. The van der Waals surface area contributed by atoms with Gasteiger partial charge in [0.1, 0.15) is 0 Å². The summed E-state index contributed by atoms with van der Waals surface area (Å²) < 4.78 is 2.55. The Morgan fingerprint density at radius 3 is 2.47 bits per heavy atom. The number of aryl methyl sites for hydroxylation is 1. The van der Waals surface area contributed by atoms with E-state index in [-0.39, 0.29) is 5.91 Å². The molecule has 100 valence electrons. The summed E-state index contributed by atoms with van der Waals surface area (Å²) in [5.74, 6) is -0.173. The largest absolute Gasteiger partial charge is 0.397 e. The van der Waals surface area contributed by atoms with Crippen molar-refractivity contribution in [3.63, 3.8) is 0 Å². The number of benzene rings is 1. The topological polar surface area (TPSA) is 55.1 Å². The Morgan fingerprint density at radius 2 is 1.95 bits per heavy atom. The van der Waals surface area contributed by atoms with Gasteiger partial charge in [-0.3, -0.25) is 4.79 Å². The fourth-order valence-electron chi connectivity index (χ4n) is 1.47. The van der Waals surface area contributed by atoms with Gasteiger partial charge in [-0.05, 0) is 62.5 Å². The number of carbonyl (C=O) groups excluding carboxylic acids is 1. The maximum atomic E-state index is 12.2. The minimum atomic E-state index is -0.173. The predicted octanol–water partition coefficient (Wildman–Crippen LogP) is 5.18. The molecule has 1 amide bonds.